The Morgan fingerprint density at radius 3 is 2.58 bits per heavy atom. The van der Waals surface area contributed by atoms with Gasteiger partial charge in [-0.25, -0.2) is 9.97 Å². The Bertz CT molecular complexity index is 594. The van der Waals surface area contributed by atoms with E-state index in [4.69, 9.17) is 23.2 Å². The molecule has 0 spiro atoms. The van der Waals surface area contributed by atoms with E-state index in [0.717, 1.165) is 5.56 Å². The van der Waals surface area contributed by atoms with Gasteiger partial charge in [-0.05, 0) is 23.2 Å². The molecule has 0 aliphatic rings. The zero-order chi connectivity index (χ0) is 13.7. The fourth-order valence-corrected chi connectivity index (χ4v) is 1.77. The lowest BCUT2D eigenvalue weighted by molar-refractivity contribution is -0.111. The van der Waals surface area contributed by atoms with Crippen molar-refractivity contribution in [3.8, 4) is 0 Å². The van der Waals surface area contributed by atoms with Gasteiger partial charge in [-0.2, -0.15) is 0 Å². The highest BCUT2D eigenvalue weighted by atomic mass is 35.5. The summed E-state index contributed by atoms with van der Waals surface area (Å²) in [5.74, 6) is -0.0672. The molecule has 0 radical (unpaired) electrons. The molecule has 1 heterocycles. The Balaban J connectivity index is 2.03. The minimum absolute atomic E-state index is 0.0187. The van der Waals surface area contributed by atoms with Gasteiger partial charge in [-0.15, -0.1) is 0 Å². The summed E-state index contributed by atoms with van der Waals surface area (Å²) >= 11 is 11.3. The van der Waals surface area contributed by atoms with Gasteiger partial charge in [0.15, 0.2) is 0 Å². The number of benzene rings is 1. The summed E-state index contributed by atoms with van der Waals surface area (Å²) in [6, 6.07) is 10.9. The normalized spacial score (nSPS) is 10.6. The van der Waals surface area contributed by atoms with Crippen LogP contribution >= 0.6 is 23.2 Å². The van der Waals surface area contributed by atoms with Crippen LogP contribution in [0.4, 0.5) is 5.82 Å². The molecule has 0 aliphatic heterocycles. The Kier molecular flexibility index (Phi) is 4.49. The average molecular weight is 294 g/mol. The maximum absolute atomic E-state index is 11.7. The van der Waals surface area contributed by atoms with E-state index < -0.39 is 0 Å². The summed E-state index contributed by atoms with van der Waals surface area (Å²) in [4.78, 5) is 19.2. The molecule has 1 N–H and O–H groups in total. The summed E-state index contributed by atoms with van der Waals surface area (Å²) in [5.41, 5.74) is 0.927. The Morgan fingerprint density at radius 1 is 1.16 bits per heavy atom. The summed E-state index contributed by atoms with van der Waals surface area (Å²) in [6.07, 6.45) is 3.10. The van der Waals surface area contributed by atoms with Crippen LogP contribution in [0.25, 0.3) is 6.08 Å². The van der Waals surface area contributed by atoms with Crippen LogP contribution in [0.1, 0.15) is 5.56 Å². The number of hydrogen-bond donors (Lipinski definition) is 1. The fraction of sp³-hybridized carbons (Fsp3) is 0. The number of nitrogens with one attached hydrogen (secondary N) is 1. The zero-order valence-corrected chi connectivity index (χ0v) is 11.2. The van der Waals surface area contributed by atoms with Gasteiger partial charge in [0, 0.05) is 12.1 Å². The monoisotopic (exact) mass is 293 g/mol. The van der Waals surface area contributed by atoms with Crippen LogP contribution in [-0.4, -0.2) is 15.9 Å². The topological polar surface area (TPSA) is 54.9 Å². The molecular formula is C13H9Cl2N3O. The molecule has 0 atom stereocenters. The van der Waals surface area contributed by atoms with Crippen molar-refractivity contribution >= 4 is 41.0 Å². The van der Waals surface area contributed by atoms with Crippen LogP contribution in [0.15, 0.2) is 42.5 Å². The second-order valence-electron chi connectivity index (χ2n) is 3.58. The number of hydrogen-bond acceptors (Lipinski definition) is 3. The lowest BCUT2D eigenvalue weighted by Crippen LogP contribution is -2.09. The molecule has 1 aromatic heterocycles. The first kappa shape index (κ1) is 13.5. The number of carbonyl (C=O) groups is 1. The molecule has 96 valence electrons. The number of halogens is 2. The molecule has 0 saturated carbocycles. The lowest BCUT2D eigenvalue weighted by atomic mass is 10.2. The molecule has 0 aliphatic carbocycles. The lowest BCUT2D eigenvalue weighted by Gasteiger charge is -2.01. The fourth-order valence-electron chi connectivity index (χ4n) is 1.36. The summed E-state index contributed by atoms with van der Waals surface area (Å²) in [5, 5.41) is 2.70. The van der Waals surface area contributed by atoms with Gasteiger partial charge in [-0.1, -0.05) is 41.9 Å². The average Bonchev–Trinajstić information content (AvgIpc) is 2.36. The van der Waals surface area contributed by atoms with Crippen LogP contribution in [0.3, 0.4) is 0 Å². The van der Waals surface area contributed by atoms with E-state index in [2.05, 4.69) is 15.3 Å². The second kappa shape index (κ2) is 6.31. The maximum atomic E-state index is 11.7. The zero-order valence-electron chi connectivity index (χ0n) is 9.68. The van der Waals surface area contributed by atoms with E-state index in [0.29, 0.717) is 0 Å². The van der Waals surface area contributed by atoms with Crippen molar-refractivity contribution < 1.29 is 4.79 Å². The van der Waals surface area contributed by atoms with Gasteiger partial charge in [0.05, 0.1) is 0 Å². The van der Waals surface area contributed by atoms with Gasteiger partial charge < -0.3 is 5.32 Å². The third-order valence-corrected chi connectivity index (χ3v) is 2.51. The van der Waals surface area contributed by atoms with Crippen molar-refractivity contribution in [1.29, 1.82) is 0 Å². The van der Waals surface area contributed by atoms with Crippen molar-refractivity contribution in [3.63, 3.8) is 0 Å². The minimum Gasteiger partial charge on any atom is -0.307 e. The Labute approximate surface area is 120 Å². The largest absolute Gasteiger partial charge is 0.307 e. The summed E-state index contributed by atoms with van der Waals surface area (Å²) in [7, 11) is 0. The van der Waals surface area contributed by atoms with E-state index in [1.807, 2.05) is 30.3 Å². The van der Waals surface area contributed by atoms with E-state index >= 15 is 0 Å². The van der Waals surface area contributed by atoms with Gasteiger partial charge in [-0.3, -0.25) is 4.79 Å². The van der Waals surface area contributed by atoms with Crippen molar-refractivity contribution in [2.75, 3.05) is 5.32 Å². The van der Waals surface area contributed by atoms with Crippen LogP contribution in [0.5, 0.6) is 0 Å². The standard InChI is InChI=1S/C13H9Cl2N3O/c14-10-8-11(18-13(15)16-10)17-12(19)7-6-9-4-2-1-3-5-9/h1-8H,(H,16,17,18,19)/b7-6+. The first-order valence-electron chi connectivity index (χ1n) is 5.38. The second-order valence-corrected chi connectivity index (χ2v) is 4.30. The highest BCUT2D eigenvalue weighted by Crippen LogP contribution is 2.14. The van der Waals surface area contributed by atoms with E-state index in [-0.39, 0.29) is 22.2 Å². The molecule has 0 bridgehead atoms. The van der Waals surface area contributed by atoms with E-state index in [9.17, 15) is 4.79 Å². The smallest absolute Gasteiger partial charge is 0.249 e. The van der Waals surface area contributed by atoms with Gasteiger partial charge in [0.25, 0.3) is 0 Å². The van der Waals surface area contributed by atoms with Gasteiger partial charge in [0.1, 0.15) is 11.0 Å². The predicted molar refractivity (Wildman–Crippen MR) is 76.2 cm³/mol. The van der Waals surface area contributed by atoms with Crippen LogP contribution < -0.4 is 5.32 Å². The molecule has 1 amide bonds. The molecule has 0 unspecified atom stereocenters. The quantitative estimate of drug-likeness (QED) is 0.536. The van der Waals surface area contributed by atoms with Crippen molar-refractivity contribution in [2.24, 2.45) is 0 Å². The maximum Gasteiger partial charge on any atom is 0.249 e. The molecule has 0 saturated heterocycles. The van der Waals surface area contributed by atoms with Crippen LogP contribution in [0.2, 0.25) is 10.4 Å². The van der Waals surface area contributed by atoms with Crippen molar-refractivity contribution in [2.45, 2.75) is 0 Å². The van der Waals surface area contributed by atoms with Crippen molar-refractivity contribution in [1.82, 2.24) is 9.97 Å². The number of rotatable bonds is 3. The molecule has 0 fully saturated rings. The molecular weight excluding hydrogens is 285 g/mol. The number of nitrogens with zero attached hydrogens (tertiary/aromatic N) is 2. The number of amides is 1. The molecule has 2 aromatic rings. The molecule has 4 nitrogen and oxygen atoms in total. The Hall–Kier alpha value is -1.91. The van der Waals surface area contributed by atoms with Crippen molar-refractivity contribution in [3.05, 3.63) is 58.5 Å². The number of carbonyl (C=O) groups excluding carboxylic acids is 1. The van der Waals surface area contributed by atoms with Crippen LogP contribution in [-0.2, 0) is 4.79 Å². The predicted octanol–water partition coefficient (Wildman–Crippen LogP) is 3.44. The molecule has 2 rings (SSSR count). The van der Waals surface area contributed by atoms with E-state index in [1.165, 1.54) is 12.1 Å². The highest BCUT2D eigenvalue weighted by Gasteiger charge is 2.03. The number of anilines is 1. The Morgan fingerprint density at radius 2 is 1.89 bits per heavy atom. The van der Waals surface area contributed by atoms with E-state index in [1.54, 1.807) is 6.08 Å². The van der Waals surface area contributed by atoms with Gasteiger partial charge >= 0.3 is 0 Å². The third-order valence-electron chi connectivity index (χ3n) is 2.15. The number of aromatic nitrogens is 2. The minimum atomic E-state index is -0.324. The SMILES string of the molecule is O=C(/C=C/c1ccccc1)Nc1cc(Cl)nc(Cl)n1. The first-order chi connectivity index (χ1) is 9.13. The molecule has 6 heteroatoms. The summed E-state index contributed by atoms with van der Waals surface area (Å²) < 4.78 is 0. The highest BCUT2D eigenvalue weighted by molar-refractivity contribution is 6.32. The summed E-state index contributed by atoms with van der Waals surface area (Å²) in [6.45, 7) is 0. The molecule has 1 aromatic carbocycles. The first-order valence-corrected chi connectivity index (χ1v) is 6.13. The third kappa shape index (κ3) is 4.35. The van der Waals surface area contributed by atoms with Gasteiger partial charge in [0.2, 0.25) is 11.2 Å². The molecule has 19 heavy (non-hydrogen) atoms. The van der Waals surface area contributed by atoms with Crippen LogP contribution in [0, 0.1) is 0 Å².